The molecular formula is C13H16F2N2O2. The second-order valence-corrected chi connectivity index (χ2v) is 5.03. The smallest absolute Gasteiger partial charge is 0.319 e. The van der Waals surface area contributed by atoms with Gasteiger partial charge in [0, 0.05) is 0 Å². The SMILES string of the molecule is CC(CO)(NC(=O)Nc1c(F)cccc1F)C1CC1. The van der Waals surface area contributed by atoms with E-state index in [0.29, 0.717) is 0 Å². The van der Waals surface area contributed by atoms with Crippen molar-refractivity contribution < 1.29 is 18.7 Å². The standard InChI is InChI=1S/C13H16F2N2O2/c1-13(7-18,8-5-6-8)17-12(19)16-11-9(14)3-2-4-10(11)15/h2-4,8,18H,5-7H2,1H3,(H2,16,17,19). The van der Waals surface area contributed by atoms with E-state index in [0.717, 1.165) is 25.0 Å². The lowest BCUT2D eigenvalue weighted by Crippen LogP contribution is -2.52. The van der Waals surface area contributed by atoms with Gasteiger partial charge in [0.1, 0.15) is 17.3 Å². The van der Waals surface area contributed by atoms with Crippen LogP contribution < -0.4 is 10.6 Å². The molecule has 6 heteroatoms. The van der Waals surface area contributed by atoms with E-state index in [1.165, 1.54) is 6.07 Å². The zero-order valence-corrected chi connectivity index (χ0v) is 10.5. The van der Waals surface area contributed by atoms with E-state index in [-0.39, 0.29) is 12.5 Å². The van der Waals surface area contributed by atoms with Crippen molar-refractivity contribution in [2.45, 2.75) is 25.3 Å². The molecule has 0 spiro atoms. The summed E-state index contributed by atoms with van der Waals surface area (Å²) in [5.41, 5.74) is -1.25. The molecule has 2 amide bonds. The first-order valence-electron chi connectivity index (χ1n) is 6.10. The molecule has 1 atom stereocenters. The van der Waals surface area contributed by atoms with Crippen LogP contribution >= 0.6 is 0 Å². The maximum atomic E-state index is 13.4. The highest BCUT2D eigenvalue weighted by Crippen LogP contribution is 2.39. The van der Waals surface area contributed by atoms with Crippen molar-refractivity contribution >= 4 is 11.7 Å². The molecule has 2 rings (SSSR count). The average Bonchev–Trinajstić information content (AvgIpc) is 3.18. The molecule has 1 unspecified atom stereocenters. The number of aliphatic hydroxyl groups excluding tert-OH is 1. The zero-order chi connectivity index (χ0) is 14.0. The molecule has 0 radical (unpaired) electrons. The number of aliphatic hydroxyl groups is 1. The Hall–Kier alpha value is -1.69. The van der Waals surface area contributed by atoms with Gasteiger partial charge in [0.2, 0.25) is 0 Å². The van der Waals surface area contributed by atoms with Gasteiger partial charge in [-0.2, -0.15) is 0 Å². The fourth-order valence-electron chi connectivity index (χ4n) is 2.01. The third kappa shape index (κ3) is 3.01. The zero-order valence-electron chi connectivity index (χ0n) is 10.5. The number of amides is 2. The number of urea groups is 1. The van der Waals surface area contributed by atoms with E-state index in [4.69, 9.17) is 0 Å². The van der Waals surface area contributed by atoms with Gasteiger partial charge < -0.3 is 15.7 Å². The Labute approximate surface area is 109 Å². The summed E-state index contributed by atoms with van der Waals surface area (Å²) in [6.45, 7) is 1.49. The third-order valence-corrected chi connectivity index (χ3v) is 3.41. The Morgan fingerprint density at radius 1 is 1.42 bits per heavy atom. The predicted octanol–water partition coefficient (Wildman–Crippen LogP) is 2.25. The first-order valence-corrected chi connectivity index (χ1v) is 6.10. The van der Waals surface area contributed by atoms with E-state index in [9.17, 15) is 18.7 Å². The van der Waals surface area contributed by atoms with Gasteiger partial charge in [-0.15, -0.1) is 0 Å². The maximum Gasteiger partial charge on any atom is 0.319 e. The van der Waals surface area contributed by atoms with Crippen LogP contribution in [-0.4, -0.2) is 23.3 Å². The maximum absolute atomic E-state index is 13.4. The second-order valence-electron chi connectivity index (χ2n) is 5.03. The Morgan fingerprint density at radius 3 is 2.47 bits per heavy atom. The molecule has 1 saturated carbocycles. The third-order valence-electron chi connectivity index (χ3n) is 3.41. The normalized spacial score (nSPS) is 17.7. The van der Waals surface area contributed by atoms with Crippen molar-refractivity contribution in [3.63, 3.8) is 0 Å². The molecule has 4 nitrogen and oxygen atoms in total. The Balaban J connectivity index is 2.05. The number of anilines is 1. The first-order chi connectivity index (χ1) is 8.96. The predicted molar refractivity (Wildman–Crippen MR) is 66.7 cm³/mol. The van der Waals surface area contributed by atoms with E-state index >= 15 is 0 Å². The first kappa shape index (κ1) is 13.7. The lowest BCUT2D eigenvalue weighted by Gasteiger charge is -2.28. The fourth-order valence-corrected chi connectivity index (χ4v) is 2.01. The summed E-state index contributed by atoms with van der Waals surface area (Å²) in [5, 5.41) is 14.0. The van der Waals surface area contributed by atoms with Gasteiger partial charge in [-0.1, -0.05) is 6.07 Å². The number of halogens is 2. The minimum atomic E-state index is -0.840. The number of carbonyl (C=O) groups is 1. The molecule has 1 aromatic rings. The molecule has 0 bridgehead atoms. The number of nitrogens with one attached hydrogen (secondary N) is 2. The molecular weight excluding hydrogens is 254 g/mol. The van der Waals surface area contributed by atoms with Gasteiger partial charge >= 0.3 is 6.03 Å². The van der Waals surface area contributed by atoms with E-state index in [2.05, 4.69) is 10.6 Å². The van der Waals surface area contributed by atoms with Crippen LogP contribution in [0.4, 0.5) is 19.3 Å². The van der Waals surface area contributed by atoms with Crippen LogP contribution in [0.15, 0.2) is 18.2 Å². The van der Waals surface area contributed by atoms with Crippen LogP contribution in [0.3, 0.4) is 0 Å². The largest absolute Gasteiger partial charge is 0.394 e. The van der Waals surface area contributed by atoms with Crippen LogP contribution in [0.2, 0.25) is 0 Å². The van der Waals surface area contributed by atoms with E-state index < -0.39 is 28.9 Å². The number of para-hydroxylation sites is 1. The minimum Gasteiger partial charge on any atom is -0.394 e. The van der Waals surface area contributed by atoms with Gasteiger partial charge in [0.15, 0.2) is 0 Å². The van der Waals surface area contributed by atoms with Crippen LogP contribution in [0.25, 0.3) is 0 Å². The van der Waals surface area contributed by atoms with Crippen molar-refractivity contribution in [3.05, 3.63) is 29.8 Å². The number of carbonyl (C=O) groups excluding carboxylic acids is 1. The van der Waals surface area contributed by atoms with Crippen LogP contribution in [0.5, 0.6) is 0 Å². The van der Waals surface area contributed by atoms with Gasteiger partial charge in [0.25, 0.3) is 0 Å². The van der Waals surface area contributed by atoms with Crippen LogP contribution in [0.1, 0.15) is 19.8 Å². The van der Waals surface area contributed by atoms with Crippen molar-refractivity contribution in [3.8, 4) is 0 Å². The molecule has 0 aliphatic heterocycles. The van der Waals surface area contributed by atoms with Gasteiger partial charge in [-0.05, 0) is 37.8 Å². The summed E-state index contributed by atoms with van der Waals surface area (Å²) in [4.78, 5) is 11.8. The molecule has 0 aromatic heterocycles. The number of hydrogen-bond donors (Lipinski definition) is 3. The quantitative estimate of drug-likeness (QED) is 0.785. The highest BCUT2D eigenvalue weighted by atomic mass is 19.1. The van der Waals surface area contributed by atoms with E-state index in [1.807, 2.05) is 0 Å². The lowest BCUT2D eigenvalue weighted by atomic mass is 9.97. The van der Waals surface area contributed by atoms with E-state index in [1.54, 1.807) is 6.92 Å². The van der Waals surface area contributed by atoms with Crippen molar-refractivity contribution in [2.75, 3.05) is 11.9 Å². The highest BCUT2D eigenvalue weighted by Gasteiger charge is 2.42. The van der Waals surface area contributed by atoms with Gasteiger partial charge in [0.05, 0.1) is 12.1 Å². The highest BCUT2D eigenvalue weighted by molar-refractivity contribution is 5.90. The molecule has 0 heterocycles. The number of hydrogen-bond acceptors (Lipinski definition) is 2. The monoisotopic (exact) mass is 270 g/mol. The summed E-state index contributed by atoms with van der Waals surface area (Å²) >= 11 is 0. The molecule has 1 aliphatic carbocycles. The summed E-state index contributed by atoms with van der Waals surface area (Å²) in [6.07, 6.45) is 1.84. The Morgan fingerprint density at radius 2 is 2.00 bits per heavy atom. The number of rotatable bonds is 4. The topological polar surface area (TPSA) is 61.4 Å². The average molecular weight is 270 g/mol. The molecule has 104 valence electrons. The summed E-state index contributed by atoms with van der Waals surface area (Å²) in [7, 11) is 0. The Kier molecular flexibility index (Phi) is 3.71. The Bertz CT molecular complexity index is 471. The van der Waals surface area contributed by atoms with Crippen molar-refractivity contribution in [2.24, 2.45) is 5.92 Å². The van der Waals surface area contributed by atoms with Crippen LogP contribution in [0, 0.1) is 17.6 Å². The lowest BCUT2D eigenvalue weighted by molar-refractivity contribution is 0.159. The second kappa shape index (κ2) is 5.13. The molecule has 1 aromatic carbocycles. The van der Waals surface area contributed by atoms with Gasteiger partial charge in [-0.3, -0.25) is 0 Å². The number of benzene rings is 1. The van der Waals surface area contributed by atoms with Crippen LogP contribution in [-0.2, 0) is 0 Å². The van der Waals surface area contributed by atoms with Crippen molar-refractivity contribution in [1.29, 1.82) is 0 Å². The molecule has 0 saturated heterocycles. The molecule has 1 fully saturated rings. The summed E-state index contributed by atoms with van der Waals surface area (Å²) < 4.78 is 26.7. The summed E-state index contributed by atoms with van der Waals surface area (Å²) in [5.74, 6) is -1.48. The molecule has 3 N–H and O–H groups in total. The summed E-state index contributed by atoms with van der Waals surface area (Å²) in [6, 6.07) is 2.61. The fraction of sp³-hybridized carbons (Fsp3) is 0.462. The molecule has 19 heavy (non-hydrogen) atoms. The van der Waals surface area contributed by atoms with Crippen molar-refractivity contribution in [1.82, 2.24) is 5.32 Å². The molecule has 1 aliphatic rings. The minimum absolute atomic E-state index is 0.203. The van der Waals surface area contributed by atoms with Gasteiger partial charge in [-0.25, -0.2) is 13.6 Å².